The quantitative estimate of drug-likeness (QED) is 0.761. The first-order chi connectivity index (χ1) is 15.3. The zero-order valence-corrected chi connectivity index (χ0v) is 17.8. The summed E-state index contributed by atoms with van der Waals surface area (Å²) < 4.78 is 46.7. The number of benzene rings is 2. The molecule has 2 aromatic rings. The zero-order chi connectivity index (χ0) is 22.7. The predicted octanol–water partition coefficient (Wildman–Crippen LogP) is 3.07. The molecule has 4 rings (SSSR count). The molecule has 2 heterocycles. The Morgan fingerprint density at radius 3 is 2.53 bits per heavy atom. The van der Waals surface area contributed by atoms with Crippen LogP contribution in [0.3, 0.4) is 0 Å². The number of carbonyl (C=O) groups excluding carboxylic acids is 1. The second-order valence-electron chi connectivity index (χ2n) is 8.23. The van der Waals surface area contributed by atoms with Crippen molar-refractivity contribution in [2.24, 2.45) is 0 Å². The van der Waals surface area contributed by atoms with Crippen molar-refractivity contribution in [3.05, 3.63) is 59.2 Å². The van der Waals surface area contributed by atoms with E-state index in [1.807, 2.05) is 12.1 Å². The maximum atomic E-state index is 12.6. The maximum Gasteiger partial charge on any atom is 0.573 e. The molecule has 1 N–H and O–H groups in total. The first-order valence-corrected chi connectivity index (χ1v) is 10.6. The molecular formula is C23H26F3N3O3. The molecule has 1 atom stereocenters. The van der Waals surface area contributed by atoms with Gasteiger partial charge in [0.25, 0.3) is 5.91 Å². The number of nitrogens with zero attached hydrogens (tertiary/aromatic N) is 2. The van der Waals surface area contributed by atoms with Crippen LogP contribution in [0.2, 0.25) is 0 Å². The lowest BCUT2D eigenvalue weighted by molar-refractivity contribution is -0.274. The van der Waals surface area contributed by atoms with Crippen LogP contribution in [0.25, 0.3) is 0 Å². The number of amides is 1. The predicted molar refractivity (Wildman–Crippen MR) is 113 cm³/mol. The van der Waals surface area contributed by atoms with Crippen molar-refractivity contribution >= 4 is 5.91 Å². The molecule has 1 saturated heterocycles. The fraction of sp³-hybridized carbons (Fsp3) is 0.435. The van der Waals surface area contributed by atoms with Gasteiger partial charge in [0.15, 0.2) is 0 Å². The molecule has 172 valence electrons. The molecule has 32 heavy (non-hydrogen) atoms. The first kappa shape index (κ1) is 22.4. The third-order valence-corrected chi connectivity index (χ3v) is 5.80. The minimum Gasteiger partial charge on any atom is -0.491 e. The van der Waals surface area contributed by atoms with Crippen LogP contribution in [0.4, 0.5) is 13.2 Å². The van der Waals surface area contributed by atoms with E-state index in [1.54, 1.807) is 0 Å². The SMILES string of the molecule is CN1CCN(Cc2cccc3c2C[C@H](NC(=O)c2ccc(OC(F)(F)F)cc2)CO3)CC1. The molecule has 0 radical (unpaired) electrons. The number of halogens is 3. The summed E-state index contributed by atoms with van der Waals surface area (Å²) in [7, 11) is 2.12. The summed E-state index contributed by atoms with van der Waals surface area (Å²) in [6.45, 7) is 5.27. The van der Waals surface area contributed by atoms with Crippen molar-refractivity contribution in [3.8, 4) is 11.5 Å². The van der Waals surface area contributed by atoms with Crippen molar-refractivity contribution in [1.29, 1.82) is 0 Å². The highest BCUT2D eigenvalue weighted by molar-refractivity contribution is 5.94. The van der Waals surface area contributed by atoms with E-state index in [0.717, 1.165) is 56.2 Å². The smallest absolute Gasteiger partial charge is 0.491 e. The summed E-state index contributed by atoms with van der Waals surface area (Å²) in [5.74, 6) is 0.116. The number of alkyl halides is 3. The van der Waals surface area contributed by atoms with Gasteiger partial charge in [-0.3, -0.25) is 9.69 Å². The lowest BCUT2D eigenvalue weighted by Crippen LogP contribution is -2.45. The lowest BCUT2D eigenvalue weighted by atomic mass is 9.96. The van der Waals surface area contributed by atoms with Crippen molar-refractivity contribution in [2.75, 3.05) is 39.8 Å². The van der Waals surface area contributed by atoms with E-state index in [-0.39, 0.29) is 23.3 Å². The number of hydrogen-bond donors (Lipinski definition) is 1. The van der Waals surface area contributed by atoms with E-state index >= 15 is 0 Å². The topological polar surface area (TPSA) is 54.0 Å². The van der Waals surface area contributed by atoms with Crippen LogP contribution in [0.5, 0.6) is 11.5 Å². The van der Waals surface area contributed by atoms with Gasteiger partial charge in [-0.25, -0.2) is 0 Å². The van der Waals surface area contributed by atoms with E-state index in [2.05, 4.69) is 33.0 Å². The van der Waals surface area contributed by atoms with Crippen LogP contribution in [-0.2, 0) is 13.0 Å². The highest BCUT2D eigenvalue weighted by Gasteiger charge is 2.31. The fourth-order valence-corrected chi connectivity index (χ4v) is 4.04. The molecule has 0 saturated carbocycles. The van der Waals surface area contributed by atoms with Gasteiger partial charge < -0.3 is 19.7 Å². The minimum absolute atomic E-state index is 0.227. The molecule has 9 heteroatoms. The summed E-state index contributed by atoms with van der Waals surface area (Å²) in [6, 6.07) is 10.7. The molecule has 0 aromatic heterocycles. The normalized spacial score (nSPS) is 19.7. The summed E-state index contributed by atoms with van der Waals surface area (Å²) in [6.07, 6.45) is -4.13. The van der Waals surface area contributed by atoms with Gasteiger partial charge in [0.2, 0.25) is 0 Å². The van der Waals surface area contributed by atoms with Crippen LogP contribution in [0.15, 0.2) is 42.5 Å². The molecule has 1 fully saturated rings. The number of carbonyl (C=O) groups is 1. The van der Waals surface area contributed by atoms with Crippen molar-refractivity contribution < 1.29 is 27.4 Å². The van der Waals surface area contributed by atoms with Crippen LogP contribution in [-0.4, -0.2) is 67.9 Å². The molecule has 0 bridgehead atoms. The number of ether oxygens (including phenoxy) is 2. The maximum absolute atomic E-state index is 12.6. The van der Waals surface area contributed by atoms with E-state index in [0.29, 0.717) is 13.0 Å². The van der Waals surface area contributed by atoms with Crippen molar-refractivity contribution in [1.82, 2.24) is 15.1 Å². The van der Waals surface area contributed by atoms with Gasteiger partial charge in [0.05, 0.1) is 6.04 Å². The Morgan fingerprint density at radius 2 is 1.84 bits per heavy atom. The van der Waals surface area contributed by atoms with Gasteiger partial charge in [-0.2, -0.15) is 0 Å². The van der Waals surface area contributed by atoms with E-state index in [1.165, 1.54) is 17.7 Å². The molecular weight excluding hydrogens is 423 g/mol. The first-order valence-electron chi connectivity index (χ1n) is 10.6. The molecule has 2 aliphatic heterocycles. The standard InChI is InChI=1S/C23H26F3N3O3/c1-28-9-11-29(12-10-28)14-17-3-2-4-21-20(17)13-18(15-31-21)27-22(30)16-5-7-19(8-6-16)32-23(24,25)26/h2-8,18H,9-15H2,1H3,(H,27,30)/t18-/m0/s1. The molecule has 1 amide bonds. The zero-order valence-electron chi connectivity index (χ0n) is 17.8. The number of rotatable bonds is 5. The Balaban J connectivity index is 1.39. The van der Waals surface area contributed by atoms with Gasteiger partial charge in [0, 0.05) is 43.9 Å². The Bertz CT molecular complexity index is 942. The fourth-order valence-electron chi connectivity index (χ4n) is 4.04. The van der Waals surface area contributed by atoms with Gasteiger partial charge in [-0.15, -0.1) is 13.2 Å². The van der Waals surface area contributed by atoms with Crippen molar-refractivity contribution in [3.63, 3.8) is 0 Å². The molecule has 0 aliphatic carbocycles. The monoisotopic (exact) mass is 449 g/mol. The Kier molecular flexibility index (Phi) is 6.57. The van der Waals surface area contributed by atoms with Crippen LogP contribution in [0.1, 0.15) is 21.5 Å². The Morgan fingerprint density at radius 1 is 1.12 bits per heavy atom. The summed E-state index contributed by atoms with van der Waals surface area (Å²) in [4.78, 5) is 17.3. The third kappa shape index (κ3) is 5.72. The average Bonchev–Trinajstić information content (AvgIpc) is 2.75. The Labute approximate surface area is 184 Å². The van der Waals surface area contributed by atoms with Gasteiger partial charge in [0.1, 0.15) is 18.1 Å². The van der Waals surface area contributed by atoms with E-state index in [4.69, 9.17) is 4.74 Å². The number of piperazine rings is 1. The number of fused-ring (bicyclic) bond motifs is 1. The number of hydrogen-bond acceptors (Lipinski definition) is 5. The number of likely N-dealkylation sites (N-methyl/N-ethyl adjacent to an activating group) is 1. The van der Waals surface area contributed by atoms with Gasteiger partial charge in [-0.1, -0.05) is 12.1 Å². The minimum atomic E-state index is -4.77. The second-order valence-corrected chi connectivity index (χ2v) is 8.23. The van der Waals surface area contributed by atoms with E-state index < -0.39 is 6.36 Å². The van der Waals surface area contributed by atoms with Crippen LogP contribution >= 0.6 is 0 Å². The third-order valence-electron chi connectivity index (χ3n) is 5.80. The lowest BCUT2D eigenvalue weighted by Gasteiger charge is -2.34. The second kappa shape index (κ2) is 9.38. The van der Waals surface area contributed by atoms with Crippen molar-refractivity contribution in [2.45, 2.75) is 25.4 Å². The highest BCUT2D eigenvalue weighted by Crippen LogP contribution is 2.29. The molecule has 0 unspecified atom stereocenters. The van der Waals surface area contributed by atoms with Gasteiger partial charge >= 0.3 is 6.36 Å². The number of nitrogens with one attached hydrogen (secondary N) is 1. The van der Waals surface area contributed by atoms with E-state index in [9.17, 15) is 18.0 Å². The summed E-state index contributed by atoms with van der Waals surface area (Å²) in [5, 5.41) is 2.93. The summed E-state index contributed by atoms with van der Waals surface area (Å²) >= 11 is 0. The molecule has 2 aromatic carbocycles. The molecule has 6 nitrogen and oxygen atoms in total. The molecule has 2 aliphatic rings. The largest absolute Gasteiger partial charge is 0.573 e. The van der Waals surface area contributed by atoms with Crippen LogP contribution in [0, 0.1) is 0 Å². The Hall–Kier alpha value is -2.78. The van der Waals surface area contributed by atoms with Crippen LogP contribution < -0.4 is 14.8 Å². The highest BCUT2D eigenvalue weighted by atomic mass is 19.4. The summed E-state index contributed by atoms with van der Waals surface area (Å²) in [5.41, 5.74) is 2.55. The van der Waals surface area contributed by atoms with Gasteiger partial charge in [-0.05, 0) is 49.4 Å². The molecule has 0 spiro atoms. The average molecular weight is 449 g/mol.